The lowest BCUT2D eigenvalue weighted by Crippen LogP contribution is -2.31. The zero-order valence-electron chi connectivity index (χ0n) is 12.8. The molecule has 1 rings (SSSR count). The van der Waals surface area contributed by atoms with E-state index in [-0.39, 0.29) is 12.5 Å². The summed E-state index contributed by atoms with van der Waals surface area (Å²) in [5.41, 5.74) is 3.01. The summed E-state index contributed by atoms with van der Waals surface area (Å²) in [5.74, 6) is -0.112. The van der Waals surface area contributed by atoms with Gasteiger partial charge in [-0.15, -0.1) is 0 Å². The predicted molar refractivity (Wildman–Crippen MR) is 91.3 cm³/mol. The summed E-state index contributed by atoms with van der Waals surface area (Å²) in [6, 6.07) is 6.29. The fraction of sp³-hybridized carbons (Fsp3) is 0.235. The third-order valence-electron chi connectivity index (χ3n) is 2.74. The zero-order chi connectivity index (χ0) is 15.8. The molecule has 1 amide bonds. The molecule has 0 aliphatic carbocycles. The molecule has 0 bridgehead atoms. The van der Waals surface area contributed by atoms with Gasteiger partial charge in [-0.3, -0.25) is 4.79 Å². The summed E-state index contributed by atoms with van der Waals surface area (Å²) in [7, 11) is 1.73. The minimum atomic E-state index is -0.112. The molecule has 0 unspecified atom stereocenters. The lowest BCUT2D eigenvalue weighted by molar-refractivity contribution is -0.119. The van der Waals surface area contributed by atoms with Crippen molar-refractivity contribution in [1.29, 1.82) is 0 Å². The van der Waals surface area contributed by atoms with Gasteiger partial charge in [0.2, 0.25) is 5.91 Å². The fourth-order valence-electron chi connectivity index (χ4n) is 1.77. The summed E-state index contributed by atoms with van der Waals surface area (Å²) < 4.78 is 0. The Hall–Kier alpha value is -1.78. The molecule has 1 aromatic carbocycles. The maximum atomic E-state index is 11.6. The van der Waals surface area contributed by atoms with Gasteiger partial charge < -0.3 is 10.6 Å². The molecule has 21 heavy (non-hydrogen) atoms. The monoisotopic (exact) mass is 302 g/mol. The molecule has 0 radical (unpaired) electrons. The molecule has 3 nitrogen and oxygen atoms in total. The van der Waals surface area contributed by atoms with Crippen LogP contribution in [0.2, 0.25) is 0 Å². The molecule has 0 saturated heterocycles. The van der Waals surface area contributed by atoms with Gasteiger partial charge in [-0.2, -0.15) is 0 Å². The number of likely N-dealkylation sites (N-methyl/N-ethyl adjacent to an activating group) is 1. The van der Waals surface area contributed by atoms with Crippen LogP contribution in [0.5, 0.6) is 0 Å². The second kappa shape index (κ2) is 8.49. The summed E-state index contributed by atoms with van der Waals surface area (Å²) >= 11 is 1.57. The summed E-state index contributed by atoms with van der Waals surface area (Å²) in [6.45, 7) is 12.1. The van der Waals surface area contributed by atoms with E-state index in [9.17, 15) is 4.79 Å². The number of benzene rings is 1. The molecule has 0 fully saturated rings. The summed E-state index contributed by atoms with van der Waals surface area (Å²) in [5, 5.41) is 5.59. The Morgan fingerprint density at radius 3 is 2.67 bits per heavy atom. The van der Waals surface area contributed by atoms with Gasteiger partial charge in [-0.1, -0.05) is 48.7 Å². The van der Waals surface area contributed by atoms with Crippen LogP contribution in [0.25, 0.3) is 0 Å². The number of aryl methyl sites for hydroxylation is 2. The van der Waals surface area contributed by atoms with Crippen molar-refractivity contribution in [2.24, 2.45) is 0 Å². The molecule has 0 spiro atoms. The van der Waals surface area contributed by atoms with E-state index in [1.807, 2.05) is 6.08 Å². The standard InChI is InChI=1S/C17H22N2OS/c1-6-7-16(14(4)19-17(20)11-18-5)21-15-9-8-12(2)10-13(15)3/h6-10,18H,1,4,11H2,2-3,5H3,(H,19,20)/b16-7+. The van der Waals surface area contributed by atoms with Crippen LogP contribution in [0.4, 0.5) is 0 Å². The quantitative estimate of drug-likeness (QED) is 0.600. The number of hydrogen-bond acceptors (Lipinski definition) is 3. The number of allylic oxidation sites excluding steroid dienone is 2. The number of carbonyl (C=O) groups excluding carboxylic acids is 1. The van der Waals surface area contributed by atoms with Crippen molar-refractivity contribution in [3.05, 3.63) is 65.2 Å². The molecular formula is C17H22N2OS. The predicted octanol–water partition coefficient (Wildman–Crippen LogP) is 3.31. The van der Waals surface area contributed by atoms with Gasteiger partial charge in [0.1, 0.15) is 0 Å². The van der Waals surface area contributed by atoms with E-state index < -0.39 is 0 Å². The average Bonchev–Trinajstić information content (AvgIpc) is 2.41. The zero-order valence-corrected chi connectivity index (χ0v) is 13.6. The third kappa shape index (κ3) is 5.61. The molecular weight excluding hydrogens is 280 g/mol. The van der Waals surface area contributed by atoms with Gasteiger partial charge in [-0.05, 0) is 38.6 Å². The van der Waals surface area contributed by atoms with Gasteiger partial charge in [0.05, 0.1) is 6.54 Å². The molecule has 0 saturated carbocycles. The van der Waals surface area contributed by atoms with E-state index in [2.05, 4.69) is 55.8 Å². The van der Waals surface area contributed by atoms with Crippen molar-refractivity contribution in [3.8, 4) is 0 Å². The van der Waals surface area contributed by atoms with Crippen molar-refractivity contribution < 1.29 is 4.79 Å². The van der Waals surface area contributed by atoms with Gasteiger partial charge >= 0.3 is 0 Å². The molecule has 1 aromatic rings. The Morgan fingerprint density at radius 2 is 2.10 bits per heavy atom. The molecule has 0 aliphatic rings. The van der Waals surface area contributed by atoms with Gasteiger partial charge in [0.15, 0.2) is 0 Å². The Bertz CT molecular complexity index is 576. The Balaban J connectivity index is 2.87. The van der Waals surface area contributed by atoms with Crippen LogP contribution in [0.15, 0.2) is 59.0 Å². The molecule has 0 atom stereocenters. The lowest BCUT2D eigenvalue weighted by Gasteiger charge is -2.13. The normalized spacial score (nSPS) is 11.1. The first kappa shape index (κ1) is 17.3. The van der Waals surface area contributed by atoms with Crippen LogP contribution in [0.1, 0.15) is 11.1 Å². The maximum Gasteiger partial charge on any atom is 0.238 e. The first-order valence-corrected chi connectivity index (χ1v) is 7.51. The summed E-state index contributed by atoms with van der Waals surface area (Å²) in [6.07, 6.45) is 3.55. The first-order chi connectivity index (χ1) is 9.97. The van der Waals surface area contributed by atoms with Crippen molar-refractivity contribution in [1.82, 2.24) is 10.6 Å². The van der Waals surface area contributed by atoms with E-state index in [0.717, 1.165) is 9.80 Å². The van der Waals surface area contributed by atoms with Crippen molar-refractivity contribution in [3.63, 3.8) is 0 Å². The Labute approximate surface area is 131 Å². The minimum Gasteiger partial charge on any atom is -0.324 e. The second-order valence-corrected chi connectivity index (χ2v) is 5.78. The van der Waals surface area contributed by atoms with Gasteiger partial charge in [0.25, 0.3) is 0 Å². The number of carbonyl (C=O) groups is 1. The van der Waals surface area contributed by atoms with Crippen LogP contribution in [0.3, 0.4) is 0 Å². The SMILES string of the molecule is C=C/C=C(/Sc1ccc(C)cc1C)C(=C)NC(=O)CNC. The van der Waals surface area contributed by atoms with E-state index in [1.54, 1.807) is 24.9 Å². The van der Waals surface area contributed by atoms with Crippen LogP contribution in [-0.2, 0) is 4.79 Å². The first-order valence-electron chi connectivity index (χ1n) is 6.69. The highest BCUT2D eigenvalue weighted by atomic mass is 32.2. The van der Waals surface area contributed by atoms with E-state index in [1.165, 1.54) is 11.1 Å². The lowest BCUT2D eigenvalue weighted by atomic mass is 10.2. The highest BCUT2D eigenvalue weighted by Gasteiger charge is 2.09. The summed E-state index contributed by atoms with van der Waals surface area (Å²) in [4.78, 5) is 13.6. The molecule has 0 aliphatic heterocycles. The molecule has 0 heterocycles. The van der Waals surface area contributed by atoms with Crippen molar-refractivity contribution in [2.75, 3.05) is 13.6 Å². The highest BCUT2D eigenvalue weighted by molar-refractivity contribution is 8.03. The number of rotatable bonds is 7. The third-order valence-corrected chi connectivity index (χ3v) is 4.03. The van der Waals surface area contributed by atoms with Crippen LogP contribution in [0, 0.1) is 13.8 Å². The average molecular weight is 302 g/mol. The van der Waals surface area contributed by atoms with E-state index in [0.29, 0.717) is 5.70 Å². The van der Waals surface area contributed by atoms with Crippen LogP contribution >= 0.6 is 11.8 Å². The van der Waals surface area contributed by atoms with Crippen LogP contribution in [-0.4, -0.2) is 19.5 Å². The molecule has 112 valence electrons. The topological polar surface area (TPSA) is 41.1 Å². The van der Waals surface area contributed by atoms with Crippen molar-refractivity contribution >= 4 is 17.7 Å². The molecule has 4 heteroatoms. The van der Waals surface area contributed by atoms with E-state index >= 15 is 0 Å². The smallest absolute Gasteiger partial charge is 0.238 e. The molecule has 2 N–H and O–H groups in total. The second-order valence-electron chi connectivity index (χ2n) is 4.69. The van der Waals surface area contributed by atoms with Gasteiger partial charge in [0, 0.05) is 15.5 Å². The van der Waals surface area contributed by atoms with E-state index in [4.69, 9.17) is 0 Å². The highest BCUT2D eigenvalue weighted by Crippen LogP contribution is 2.32. The Morgan fingerprint density at radius 1 is 1.38 bits per heavy atom. The minimum absolute atomic E-state index is 0.112. The fourth-order valence-corrected chi connectivity index (χ4v) is 2.70. The molecule has 0 aromatic heterocycles. The maximum absolute atomic E-state index is 11.6. The number of amides is 1. The largest absolute Gasteiger partial charge is 0.324 e. The number of nitrogens with one attached hydrogen (secondary N) is 2. The Kier molecular flexibility index (Phi) is 6.99. The number of hydrogen-bond donors (Lipinski definition) is 2. The van der Waals surface area contributed by atoms with Gasteiger partial charge in [-0.25, -0.2) is 0 Å². The number of thioether (sulfide) groups is 1. The van der Waals surface area contributed by atoms with Crippen LogP contribution < -0.4 is 10.6 Å². The van der Waals surface area contributed by atoms with Crippen molar-refractivity contribution in [2.45, 2.75) is 18.7 Å².